The van der Waals surface area contributed by atoms with Crippen LogP contribution in [-0.2, 0) is 4.74 Å². The minimum atomic E-state index is 0.698. The van der Waals surface area contributed by atoms with Crippen LogP contribution in [0.4, 0.5) is 0 Å². The molecule has 0 bridgehead atoms. The Morgan fingerprint density at radius 3 is 2.69 bits per heavy atom. The first-order chi connectivity index (χ1) is 7.90. The predicted octanol–water partition coefficient (Wildman–Crippen LogP) is 2.97. The summed E-state index contributed by atoms with van der Waals surface area (Å²) in [6.45, 7) is 5.48. The van der Waals surface area contributed by atoms with E-state index in [0.717, 1.165) is 25.0 Å². The van der Waals surface area contributed by atoms with E-state index in [1.165, 1.54) is 51.5 Å². The summed E-state index contributed by atoms with van der Waals surface area (Å²) >= 11 is 0. The second-order valence-electron chi connectivity index (χ2n) is 5.53. The van der Waals surface area contributed by atoms with Crippen LogP contribution in [0, 0.1) is 11.8 Å². The van der Waals surface area contributed by atoms with E-state index in [4.69, 9.17) is 4.74 Å². The van der Waals surface area contributed by atoms with E-state index in [1.54, 1.807) is 0 Å². The molecule has 2 nitrogen and oxygen atoms in total. The van der Waals surface area contributed by atoms with Gasteiger partial charge < -0.3 is 10.1 Å². The summed E-state index contributed by atoms with van der Waals surface area (Å²) < 4.78 is 5.48. The Balaban J connectivity index is 1.62. The van der Waals surface area contributed by atoms with Gasteiger partial charge in [-0.1, -0.05) is 32.6 Å². The quantitative estimate of drug-likeness (QED) is 0.750. The van der Waals surface area contributed by atoms with E-state index >= 15 is 0 Å². The van der Waals surface area contributed by atoms with Crippen LogP contribution in [0.25, 0.3) is 0 Å². The Morgan fingerprint density at radius 2 is 2.06 bits per heavy atom. The summed E-state index contributed by atoms with van der Waals surface area (Å²) in [4.78, 5) is 0. The zero-order valence-electron chi connectivity index (χ0n) is 10.7. The van der Waals surface area contributed by atoms with Crippen molar-refractivity contribution < 1.29 is 4.74 Å². The van der Waals surface area contributed by atoms with Crippen LogP contribution in [0.3, 0.4) is 0 Å². The fourth-order valence-corrected chi connectivity index (χ4v) is 3.29. The second kappa shape index (κ2) is 6.61. The standard InChI is InChI=1S/C14H27NO/c1-2-14(13-8-10-16-11-13)15-9-7-12-5-3-4-6-12/h12-15H,2-11H2,1H3. The average Bonchev–Trinajstić information content (AvgIpc) is 2.96. The summed E-state index contributed by atoms with van der Waals surface area (Å²) in [6.07, 6.45) is 9.80. The number of ether oxygens (including phenoxy) is 1. The maximum Gasteiger partial charge on any atom is 0.0509 e. The van der Waals surface area contributed by atoms with Gasteiger partial charge in [0.2, 0.25) is 0 Å². The SMILES string of the molecule is CCC(NCCC1CCCC1)C1CCOC1. The molecule has 16 heavy (non-hydrogen) atoms. The third-order valence-corrected chi connectivity index (χ3v) is 4.41. The molecule has 2 aliphatic rings. The smallest absolute Gasteiger partial charge is 0.0509 e. The van der Waals surface area contributed by atoms with Crippen molar-refractivity contribution in [2.24, 2.45) is 11.8 Å². The molecule has 94 valence electrons. The molecule has 0 aromatic rings. The van der Waals surface area contributed by atoms with Crippen molar-refractivity contribution in [2.45, 2.75) is 57.9 Å². The van der Waals surface area contributed by atoms with E-state index in [9.17, 15) is 0 Å². The molecule has 0 amide bonds. The molecular weight excluding hydrogens is 198 g/mol. The highest BCUT2D eigenvalue weighted by Gasteiger charge is 2.24. The minimum absolute atomic E-state index is 0.698. The van der Waals surface area contributed by atoms with Gasteiger partial charge in [0.1, 0.15) is 0 Å². The van der Waals surface area contributed by atoms with Gasteiger partial charge >= 0.3 is 0 Å². The van der Waals surface area contributed by atoms with Gasteiger partial charge in [-0.05, 0) is 37.6 Å². The van der Waals surface area contributed by atoms with Crippen LogP contribution in [0.2, 0.25) is 0 Å². The maximum atomic E-state index is 5.48. The van der Waals surface area contributed by atoms with Gasteiger partial charge in [0.25, 0.3) is 0 Å². The van der Waals surface area contributed by atoms with Crippen LogP contribution < -0.4 is 5.32 Å². The average molecular weight is 225 g/mol. The normalized spacial score (nSPS) is 28.7. The van der Waals surface area contributed by atoms with Crippen LogP contribution >= 0.6 is 0 Å². The lowest BCUT2D eigenvalue weighted by atomic mass is 9.96. The monoisotopic (exact) mass is 225 g/mol. The molecular formula is C14H27NO. The molecule has 0 spiro atoms. The fraction of sp³-hybridized carbons (Fsp3) is 1.00. The lowest BCUT2D eigenvalue weighted by Gasteiger charge is -2.23. The Kier molecular flexibility index (Phi) is 5.11. The minimum Gasteiger partial charge on any atom is -0.381 e. The molecule has 1 N–H and O–H groups in total. The molecule has 0 aromatic heterocycles. The van der Waals surface area contributed by atoms with Crippen molar-refractivity contribution in [2.75, 3.05) is 19.8 Å². The molecule has 2 rings (SSSR count). The highest BCUT2D eigenvalue weighted by atomic mass is 16.5. The molecule has 2 atom stereocenters. The third kappa shape index (κ3) is 3.46. The van der Waals surface area contributed by atoms with Gasteiger partial charge in [0.15, 0.2) is 0 Å². The lowest BCUT2D eigenvalue weighted by Crippen LogP contribution is -2.37. The highest BCUT2D eigenvalue weighted by Crippen LogP contribution is 2.27. The zero-order chi connectivity index (χ0) is 11.2. The van der Waals surface area contributed by atoms with Gasteiger partial charge in [-0.2, -0.15) is 0 Å². The molecule has 1 aliphatic carbocycles. The fourth-order valence-electron chi connectivity index (χ4n) is 3.29. The van der Waals surface area contributed by atoms with Gasteiger partial charge in [0.05, 0.1) is 6.61 Å². The molecule has 0 aromatic carbocycles. The van der Waals surface area contributed by atoms with Gasteiger partial charge in [-0.15, -0.1) is 0 Å². The maximum absolute atomic E-state index is 5.48. The van der Waals surface area contributed by atoms with Gasteiger partial charge in [-0.3, -0.25) is 0 Å². The molecule has 2 heteroatoms. The first-order valence-corrected chi connectivity index (χ1v) is 7.21. The van der Waals surface area contributed by atoms with E-state index in [0.29, 0.717) is 6.04 Å². The first kappa shape index (κ1) is 12.4. The number of hydrogen-bond donors (Lipinski definition) is 1. The van der Waals surface area contributed by atoms with E-state index in [1.807, 2.05) is 0 Å². The van der Waals surface area contributed by atoms with Gasteiger partial charge in [-0.25, -0.2) is 0 Å². The molecule has 1 saturated carbocycles. The summed E-state index contributed by atoms with van der Waals surface area (Å²) in [7, 11) is 0. The second-order valence-corrected chi connectivity index (χ2v) is 5.53. The Hall–Kier alpha value is -0.0800. The Morgan fingerprint density at radius 1 is 1.25 bits per heavy atom. The van der Waals surface area contributed by atoms with Crippen molar-refractivity contribution in [1.29, 1.82) is 0 Å². The zero-order valence-corrected chi connectivity index (χ0v) is 10.7. The van der Waals surface area contributed by atoms with E-state index in [-0.39, 0.29) is 0 Å². The number of nitrogens with one attached hydrogen (secondary N) is 1. The summed E-state index contributed by atoms with van der Waals surface area (Å²) in [5, 5.41) is 3.76. The van der Waals surface area contributed by atoms with Crippen molar-refractivity contribution in [3.05, 3.63) is 0 Å². The van der Waals surface area contributed by atoms with Gasteiger partial charge in [0, 0.05) is 12.6 Å². The van der Waals surface area contributed by atoms with Crippen LogP contribution in [-0.4, -0.2) is 25.8 Å². The van der Waals surface area contributed by atoms with Crippen molar-refractivity contribution in [3.63, 3.8) is 0 Å². The van der Waals surface area contributed by atoms with Crippen LogP contribution in [0.5, 0.6) is 0 Å². The number of rotatable bonds is 6. The first-order valence-electron chi connectivity index (χ1n) is 7.21. The molecule has 2 unspecified atom stereocenters. The molecule has 1 aliphatic heterocycles. The Labute approximate surface area is 100 Å². The number of hydrogen-bond acceptors (Lipinski definition) is 2. The van der Waals surface area contributed by atoms with Crippen molar-refractivity contribution in [3.8, 4) is 0 Å². The molecule has 1 heterocycles. The summed E-state index contributed by atoms with van der Waals surface area (Å²) in [5.74, 6) is 1.79. The topological polar surface area (TPSA) is 21.3 Å². The lowest BCUT2D eigenvalue weighted by molar-refractivity contribution is 0.175. The van der Waals surface area contributed by atoms with E-state index < -0.39 is 0 Å². The van der Waals surface area contributed by atoms with Crippen LogP contribution in [0.1, 0.15) is 51.9 Å². The summed E-state index contributed by atoms with van der Waals surface area (Å²) in [5.41, 5.74) is 0. The third-order valence-electron chi connectivity index (χ3n) is 4.41. The predicted molar refractivity (Wildman–Crippen MR) is 67.6 cm³/mol. The molecule has 0 radical (unpaired) electrons. The van der Waals surface area contributed by atoms with Crippen molar-refractivity contribution >= 4 is 0 Å². The largest absolute Gasteiger partial charge is 0.381 e. The van der Waals surface area contributed by atoms with Crippen LogP contribution in [0.15, 0.2) is 0 Å². The summed E-state index contributed by atoms with van der Waals surface area (Å²) in [6, 6.07) is 0.698. The Bertz CT molecular complexity index is 183. The highest BCUT2D eigenvalue weighted by molar-refractivity contribution is 4.79. The molecule has 1 saturated heterocycles. The van der Waals surface area contributed by atoms with E-state index in [2.05, 4.69) is 12.2 Å². The molecule has 2 fully saturated rings. The van der Waals surface area contributed by atoms with Crippen molar-refractivity contribution in [1.82, 2.24) is 5.32 Å².